The van der Waals surface area contributed by atoms with E-state index >= 15 is 0 Å². The van der Waals surface area contributed by atoms with E-state index in [4.69, 9.17) is 0 Å². The summed E-state index contributed by atoms with van der Waals surface area (Å²) in [5, 5.41) is 6.58. The van der Waals surface area contributed by atoms with Crippen molar-refractivity contribution in [2.24, 2.45) is 10.4 Å². The Hall–Kier alpha value is -1.64. The number of guanidine groups is 1. The molecule has 26 heavy (non-hydrogen) atoms. The van der Waals surface area contributed by atoms with Crippen LogP contribution in [0, 0.1) is 5.41 Å². The van der Waals surface area contributed by atoms with Crippen molar-refractivity contribution in [3.63, 3.8) is 0 Å². The van der Waals surface area contributed by atoms with E-state index in [1.165, 1.54) is 30.6 Å². The number of imide groups is 1. The maximum absolute atomic E-state index is 12.3. The summed E-state index contributed by atoms with van der Waals surface area (Å²) < 4.78 is 0. The maximum Gasteiger partial charge on any atom is 0.261 e. The van der Waals surface area contributed by atoms with Crippen LogP contribution in [0.2, 0.25) is 0 Å². The van der Waals surface area contributed by atoms with Gasteiger partial charge in [0, 0.05) is 26.7 Å². The van der Waals surface area contributed by atoms with E-state index in [1.54, 1.807) is 31.3 Å². The summed E-state index contributed by atoms with van der Waals surface area (Å²) in [6.45, 7) is 3.95. The number of halogens is 1. The molecule has 0 bridgehead atoms. The van der Waals surface area contributed by atoms with Crippen LogP contribution in [0.4, 0.5) is 0 Å². The largest absolute Gasteiger partial charge is 0.356 e. The molecule has 1 fully saturated rings. The third kappa shape index (κ3) is 4.02. The van der Waals surface area contributed by atoms with Crippen LogP contribution in [0.5, 0.6) is 0 Å². The molecule has 1 saturated carbocycles. The monoisotopic (exact) mass is 470 g/mol. The summed E-state index contributed by atoms with van der Waals surface area (Å²) in [5.74, 6) is 0.283. The molecule has 1 aromatic carbocycles. The molecule has 1 aliphatic heterocycles. The van der Waals surface area contributed by atoms with Gasteiger partial charge in [0.15, 0.2) is 5.96 Å². The number of hydrogen-bond donors (Lipinski definition) is 2. The Balaban J connectivity index is 0.00000243. The molecule has 6 nitrogen and oxygen atoms in total. The fourth-order valence-electron chi connectivity index (χ4n) is 3.55. The number of nitrogens with one attached hydrogen (secondary N) is 2. The van der Waals surface area contributed by atoms with E-state index in [1.807, 2.05) is 0 Å². The summed E-state index contributed by atoms with van der Waals surface area (Å²) in [4.78, 5) is 30.2. The van der Waals surface area contributed by atoms with Gasteiger partial charge < -0.3 is 10.6 Å². The summed E-state index contributed by atoms with van der Waals surface area (Å²) in [7, 11) is 1.73. The number of carbonyl (C=O) groups is 2. The van der Waals surface area contributed by atoms with Crippen molar-refractivity contribution in [1.29, 1.82) is 0 Å². The third-order valence-electron chi connectivity index (χ3n) is 5.52. The minimum atomic E-state index is -0.218. The predicted octanol–water partition coefficient (Wildman–Crippen LogP) is 2.65. The summed E-state index contributed by atoms with van der Waals surface area (Å²) in [6, 6.07) is 6.96. The van der Waals surface area contributed by atoms with Crippen molar-refractivity contribution in [1.82, 2.24) is 15.5 Å². The van der Waals surface area contributed by atoms with Gasteiger partial charge in [0.2, 0.25) is 0 Å². The number of rotatable bonds is 6. The van der Waals surface area contributed by atoms with Gasteiger partial charge in [-0.3, -0.25) is 19.5 Å². The highest BCUT2D eigenvalue weighted by Crippen LogP contribution is 2.42. The molecular weight excluding hydrogens is 443 g/mol. The lowest BCUT2D eigenvalue weighted by Crippen LogP contribution is -2.48. The zero-order chi connectivity index (χ0) is 17.9. The number of hydrogen-bond acceptors (Lipinski definition) is 3. The van der Waals surface area contributed by atoms with Crippen molar-refractivity contribution in [2.75, 3.05) is 26.7 Å². The van der Waals surface area contributed by atoms with E-state index in [-0.39, 0.29) is 35.8 Å². The highest BCUT2D eigenvalue weighted by atomic mass is 127. The van der Waals surface area contributed by atoms with E-state index in [0.717, 1.165) is 12.5 Å². The van der Waals surface area contributed by atoms with Gasteiger partial charge in [0.25, 0.3) is 11.8 Å². The second-order valence-electron chi connectivity index (χ2n) is 6.87. The molecule has 0 saturated heterocycles. The number of aliphatic imine (C=N–C) groups is 1. The van der Waals surface area contributed by atoms with Gasteiger partial charge in [-0.05, 0) is 36.8 Å². The fourth-order valence-corrected chi connectivity index (χ4v) is 3.55. The van der Waals surface area contributed by atoms with Crippen LogP contribution in [-0.2, 0) is 0 Å². The van der Waals surface area contributed by atoms with Crippen LogP contribution >= 0.6 is 24.0 Å². The van der Waals surface area contributed by atoms with Gasteiger partial charge in [0.1, 0.15) is 0 Å². The summed E-state index contributed by atoms with van der Waals surface area (Å²) >= 11 is 0. The molecule has 1 heterocycles. The lowest BCUT2D eigenvalue weighted by atomic mass is 9.67. The second-order valence-corrected chi connectivity index (χ2v) is 6.87. The van der Waals surface area contributed by atoms with E-state index < -0.39 is 0 Å². The third-order valence-corrected chi connectivity index (χ3v) is 5.52. The van der Waals surface area contributed by atoms with Gasteiger partial charge in [-0.1, -0.05) is 25.5 Å². The average molecular weight is 470 g/mol. The summed E-state index contributed by atoms with van der Waals surface area (Å²) in [6.07, 6.45) is 5.01. The first-order valence-corrected chi connectivity index (χ1v) is 9.00. The topological polar surface area (TPSA) is 73.8 Å². The van der Waals surface area contributed by atoms with E-state index in [2.05, 4.69) is 22.5 Å². The van der Waals surface area contributed by atoms with Crippen LogP contribution in [0.3, 0.4) is 0 Å². The van der Waals surface area contributed by atoms with Crippen LogP contribution in [0.25, 0.3) is 0 Å². The van der Waals surface area contributed by atoms with Crippen LogP contribution in [-0.4, -0.2) is 49.4 Å². The number of nitrogens with zero attached hydrogens (tertiary/aromatic N) is 2. The first kappa shape index (κ1) is 20.7. The van der Waals surface area contributed by atoms with E-state index in [9.17, 15) is 9.59 Å². The Bertz CT molecular complexity index is 660. The standard InChI is InChI=1S/C19H26N4O2.HI/c1-3-19(9-6-10-19)13-22-18(20-2)21-11-12-23-16(24)14-7-4-5-8-15(14)17(23)25;/h4-5,7-8H,3,6,9-13H2,1-2H3,(H2,20,21,22);1H. The highest BCUT2D eigenvalue weighted by Gasteiger charge is 2.36. The lowest BCUT2D eigenvalue weighted by Gasteiger charge is -2.41. The molecule has 2 aliphatic rings. The SMILES string of the molecule is CCC1(CNC(=NC)NCCN2C(=O)c3ccccc3C2=O)CCC1.I. The molecule has 0 unspecified atom stereocenters. The Labute approximate surface area is 171 Å². The van der Waals surface area contributed by atoms with Gasteiger partial charge in [-0.25, -0.2) is 0 Å². The minimum absolute atomic E-state index is 0. The molecule has 0 aromatic heterocycles. The molecule has 2 amide bonds. The smallest absolute Gasteiger partial charge is 0.261 e. The highest BCUT2D eigenvalue weighted by molar-refractivity contribution is 14.0. The Morgan fingerprint density at radius 2 is 1.77 bits per heavy atom. The molecule has 0 radical (unpaired) electrons. The molecule has 2 N–H and O–H groups in total. The molecule has 1 aliphatic carbocycles. The molecule has 1 aromatic rings. The van der Waals surface area contributed by atoms with Crippen molar-refractivity contribution >= 4 is 41.8 Å². The summed E-state index contributed by atoms with van der Waals surface area (Å²) in [5.41, 5.74) is 1.38. The van der Waals surface area contributed by atoms with Crippen molar-refractivity contribution in [2.45, 2.75) is 32.6 Å². The number of amides is 2. The average Bonchev–Trinajstić information content (AvgIpc) is 2.84. The van der Waals surface area contributed by atoms with Gasteiger partial charge in [-0.2, -0.15) is 0 Å². The molecule has 0 spiro atoms. The maximum atomic E-state index is 12.3. The van der Waals surface area contributed by atoms with Crippen molar-refractivity contribution in [3.05, 3.63) is 35.4 Å². The zero-order valence-electron chi connectivity index (χ0n) is 15.4. The normalized spacial score (nSPS) is 18.1. The number of carbonyl (C=O) groups excluding carboxylic acids is 2. The number of fused-ring (bicyclic) bond motifs is 1. The molecule has 142 valence electrons. The number of benzene rings is 1. The Morgan fingerprint density at radius 3 is 2.23 bits per heavy atom. The van der Waals surface area contributed by atoms with Gasteiger partial charge >= 0.3 is 0 Å². The predicted molar refractivity (Wildman–Crippen MR) is 113 cm³/mol. The quantitative estimate of drug-likeness (QED) is 0.290. The van der Waals surface area contributed by atoms with Gasteiger partial charge in [0.05, 0.1) is 11.1 Å². The molecular formula is C19H27IN4O2. The second kappa shape index (κ2) is 8.83. The lowest BCUT2D eigenvalue weighted by molar-refractivity contribution is 0.0657. The molecule has 0 atom stereocenters. The van der Waals surface area contributed by atoms with Crippen molar-refractivity contribution < 1.29 is 9.59 Å². The van der Waals surface area contributed by atoms with Crippen molar-refractivity contribution in [3.8, 4) is 0 Å². The van der Waals surface area contributed by atoms with Crippen LogP contribution in [0.1, 0.15) is 53.3 Å². The zero-order valence-corrected chi connectivity index (χ0v) is 17.7. The van der Waals surface area contributed by atoms with E-state index in [0.29, 0.717) is 29.6 Å². The molecule has 3 rings (SSSR count). The molecule has 7 heteroatoms. The van der Waals surface area contributed by atoms with Crippen LogP contribution < -0.4 is 10.6 Å². The Morgan fingerprint density at radius 1 is 1.15 bits per heavy atom. The minimum Gasteiger partial charge on any atom is -0.356 e. The first-order valence-electron chi connectivity index (χ1n) is 9.00. The Kier molecular flexibility index (Phi) is 7.02. The van der Waals surface area contributed by atoms with Gasteiger partial charge in [-0.15, -0.1) is 24.0 Å². The first-order chi connectivity index (χ1) is 12.1. The van der Waals surface area contributed by atoms with Crippen LogP contribution in [0.15, 0.2) is 29.3 Å². The fraction of sp³-hybridized carbons (Fsp3) is 0.526.